The molecule has 0 fully saturated rings. The van der Waals surface area contributed by atoms with Crippen LogP contribution in [0.25, 0.3) is 16.9 Å². The van der Waals surface area contributed by atoms with Gasteiger partial charge in [-0.2, -0.15) is 5.26 Å². The Bertz CT molecular complexity index is 873. The number of nitrogens with zero attached hydrogens (tertiary/aromatic N) is 3. The third-order valence-electron chi connectivity index (χ3n) is 3.29. The summed E-state index contributed by atoms with van der Waals surface area (Å²) in [6.45, 7) is 2.06. The minimum absolute atomic E-state index is 0.297. The van der Waals surface area contributed by atoms with Crippen LogP contribution in [0.1, 0.15) is 23.0 Å². The second kappa shape index (κ2) is 5.70. The van der Waals surface area contributed by atoms with E-state index in [-0.39, 0.29) is 0 Å². The van der Waals surface area contributed by atoms with Gasteiger partial charge in [0, 0.05) is 11.8 Å². The average Bonchev–Trinajstić information content (AvgIpc) is 2.94. The summed E-state index contributed by atoms with van der Waals surface area (Å²) in [6.07, 6.45) is 1.78. The molecule has 0 N–H and O–H groups in total. The van der Waals surface area contributed by atoms with Gasteiger partial charge in [-0.1, -0.05) is 18.2 Å². The van der Waals surface area contributed by atoms with Crippen LogP contribution in [-0.4, -0.2) is 22.0 Å². The predicted octanol–water partition coefficient (Wildman–Crippen LogP) is 3.05. The van der Waals surface area contributed by atoms with Crippen molar-refractivity contribution in [1.29, 1.82) is 5.26 Å². The molecule has 0 saturated carbocycles. The molecule has 0 radical (unpaired) electrons. The van der Waals surface area contributed by atoms with Crippen molar-refractivity contribution >= 4 is 11.6 Å². The van der Waals surface area contributed by atoms with Crippen molar-refractivity contribution in [3.63, 3.8) is 0 Å². The van der Waals surface area contributed by atoms with Gasteiger partial charge in [-0.05, 0) is 31.2 Å². The SMILES string of the molecule is CCOC(=O)c1c(-c2ccc(C#N)cc2)nc2ccccn12. The first kappa shape index (κ1) is 13.8. The Morgan fingerprint density at radius 2 is 2.05 bits per heavy atom. The van der Waals surface area contributed by atoms with E-state index in [4.69, 9.17) is 10.00 Å². The highest BCUT2D eigenvalue weighted by Gasteiger charge is 2.21. The summed E-state index contributed by atoms with van der Waals surface area (Å²) in [5.41, 5.74) is 2.94. The number of carbonyl (C=O) groups excluding carboxylic acids is 1. The predicted molar refractivity (Wildman–Crippen MR) is 81.3 cm³/mol. The van der Waals surface area contributed by atoms with Crippen molar-refractivity contribution in [2.24, 2.45) is 0 Å². The molecule has 3 rings (SSSR count). The van der Waals surface area contributed by atoms with Gasteiger partial charge in [-0.3, -0.25) is 4.40 Å². The Kier molecular flexibility index (Phi) is 3.58. The zero-order valence-corrected chi connectivity index (χ0v) is 12.0. The summed E-state index contributed by atoms with van der Waals surface area (Å²) < 4.78 is 6.86. The van der Waals surface area contributed by atoms with E-state index in [1.807, 2.05) is 18.2 Å². The third kappa shape index (κ3) is 2.31. The molecule has 0 spiro atoms. The summed E-state index contributed by atoms with van der Waals surface area (Å²) in [5, 5.41) is 8.88. The highest BCUT2D eigenvalue weighted by Crippen LogP contribution is 2.25. The number of hydrogen-bond acceptors (Lipinski definition) is 4. The van der Waals surface area contributed by atoms with Gasteiger partial charge in [0.1, 0.15) is 11.3 Å². The van der Waals surface area contributed by atoms with Crippen LogP contribution < -0.4 is 0 Å². The lowest BCUT2D eigenvalue weighted by Gasteiger charge is -2.04. The molecule has 0 saturated heterocycles. The van der Waals surface area contributed by atoms with Crippen LogP contribution in [0.2, 0.25) is 0 Å². The Balaban J connectivity index is 2.21. The van der Waals surface area contributed by atoms with Crippen molar-refractivity contribution < 1.29 is 9.53 Å². The van der Waals surface area contributed by atoms with Gasteiger partial charge in [0.2, 0.25) is 0 Å². The summed E-state index contributed by atoms with van der Waals surface area (Å²) in [4.78, 5) is 16.8. The monoisotopic (exact) mass is 291 g/mol. The largest absolute Gasteiger partial charge is 0.461 e. The maximum absolute atomic E-state index is 12.3. The molecule has 0 amide bonds. The molecule has 0 atom stereocenters. The molecular weight excluding hydrogens is 278 g/mol. The first-order valence-electron chi connectivity index (χ1n) is 6.89. The maximum atomic E-state index is 12.3. The van der Waals surface area contributed by atoms with E-state index in [0.29, 0.717) is 29.2 Å². The van der Waals surface area contributed by atoms with Gasteiger partial charge in [-0.25, -0.2) is 9.78 Å². The first-order valence-corrected chi connectivity index (χ1v) is 6.89. The van der Waals surface area contributed by atoms with Crippen LogP contribution in [0.5, 0.6) is 0 Å². The molecule has 0 bridgehead atoms. The van der Waals surface area contributed by atoms with E-state index in [2.05, 4.69) is 11.1 Å². The Labute approximate surface area is 127 Å². The molecule has 22 heavy (non-hydrogen) atoms. The second-order valence-corrected chi connectivity index (χ2v) is 4.65. The lowest BCUT2D eigenvalue weighted by atomic mass is 10.1. The molecule has 5 heteroatoms. The Hall–Kier alpha value is -3.13. The summed E-state index contributed by atoms with van der Waals surface area (Å²) in [7, 11) is 0. The first-order chi connectivity index (χ1) is 10.7. The van der Waals surface area contributed by atoms with Crippen molar-refractivity contribution in [2.45, 2.75) is 6.92 Å². The summed E-state index contributed by atoms with van der Waals surface area (Å²) in [5.74, 6) is -0.416. The number of hydrogen-bond donors (Lipinski definition) is 0. The molecule has 108 valence electrons. The van der Waals surface area contributed by atoms with Gasteiger partial charge in [0.05, 0.1) is 18.2 Å². The van der Waals surface area contributed by atoms with Gasteiger partial charge in [-0.15, -0.1) is 0 Å². The van der Waals surface area contributed by atoms with Crippen molar-refractivity contribution in [2.75, 3.05) is 6.61 Å². The fourth-order valence-corrected chi connectivity index (χ4v) is 2.29. The Morgan fingerprint density at radius 3 is 2.73 bits per heavy atom. The summed E-state index contributed by atoms with van der Waals surface area (Å²) >= 11 is 0. The number of benzene rings is 1. The topological polar surface area (TPSA) is 67.4 Å². The molecule has 1 aromatic carbocycles. The normalized spacial score (nSPS) is 10.4. The minimum atomic E-state index is -0.416. The zero-order valence-electron chi connectivity index (χ0n) is 12.0. The smallest absolute Gasteiger partial charge is 0.357 e. The van der Waals surface area contributed by atoms with E-state index < -0.39 is 5.97 Å². The number of fused-ring (bicyclic) bond motifs is 1. The molecule has 2 heterocycles. The number of aromatic nitrogens is 2. The highest BCUT2D eigenvalue weighted by atomic mass is 16.5. The molecule has 0 unspecified atom stereocenters. The van der Waals surface area contributed by atoms with Gasteiger partial charge >= 0.3 is 5.97 Å². The van der Waals surface area contributed by atoms with E-state index in [9.17, 15) is 4.79 Å². The quantitative estimate of drug-likeness (QED) is 0.695. The summed E-state index contributed by atoms with van der Waals surface area (Å²) in [6, 6.07) is 14.6. The lowest BCUT2D eigenvalue weighted by Crippen LogP contribution is -2.09. The van der Waals surface area contributed by atoms with Crippen LogP contribution >= 0.6 is 0 Å². The molecule has 2 aromatic heterocycles. The van der Waals surface area contributed by atoms with Crippen molar-refractivity contribution in [1.82, 2.24) is 9.38 Å². The molecule has 0 aliphatic carbocycles. The van der Waals surface area contributed by atoms with Crippen LogP contribution in [0.3, 0.4) is 0 Å². The molecule has 3 aromatic rings. The average molecular weight is 291 g/mol. The number of esters is 1. The number of pyridine rings is 1. The van der Waals surface area contributed by atoms with E-state index >= 15 is 0 Å². The van der Waals surface area contributed by atoms with Crippen molar-refractivity contribution in [3.8, 4) is 17.3 Å². The fraction of sp³-hybridized carbons (Fsp3) is 0.118. The maximum Gasteiger partial charge on any atom is 0.357 e. The number of ether oxygens (including phenoxy) is 1. The molecule has 5 nitrogen and oxygen atoms in total. The molecule has 0 aliphatic rings. The lowest BCUT2D eigenvalue weighted by molar-refractivity contribution is 0.0519. The zero-order chi connectivity index (χ0) is 15.5. The Morgan fingerprint density at radius 1 is 1.27 bits per heavy atom. The number of carbonyl (C=O) groups is 1. The van der Waals surface area contributed by atoms with Crippen LogP contribution in [0.4, 0.5) is 0 Å². The van der Waals surface area contributed by atoms with E-state index in [1.165, 1.54) is 0 Å². The van der Waals surface area contributed by atoms with E-state index in [1.54, 1.807) is 41.8 Å². The van der Waals surface area contributed by atoms with Gasteiger partial charge < -0.3 is 4.74 Å². The molecular formula is C17H13N3O2. The number of rotatable bonds is 3. The number of imidazole rings is 1. The minimum Gasteiger partial charge on any atom is -0.461 e. The second-order valence-electron chi connectivity index (χ2n) is 4.65. The van der Waals surface area contributed by atoms with Crippen LogP contribution in [0.15, 0.2) is 48.7 Å². The number of nitriles is 1. The molecule has 0 aliphatic heterocycles. The fourth-order valence-electron chi connectivity index (χ4n) is 2.29. The third-order valence-corrected chi connectivity index (χ3v) is 3.29. The van der Waals surface area contributed by atoms with Gasteiger partial charge in [0.15, 0.2) is 5.69 Å². The van der Waals surface area contributed by atoms with Crippen LogP contribution in [-0.2, 0) is 4.74 Å². The van der Waals surface area contributed by atoms with E-state index in [0.717, 1.165) is 5.56 Å². The van der Waals surface area contributed by atoms with Crippen molar-refractivity contribution in [3.05, 3.63) is 59.9 Å². The highest BCUT2D eigenvalue weighted by molar-refractivity contribution is 5.96. The standard InChI is InChI=1S/C17H13N3O2/c1-2-22-17(21)16-15(13-8-6-12(11-18)7-9-13)19-14-5-3-4-10-20(14)16/h3-10H,2H2,1H3. The van der Waals surface area contributed by atoms with Crippen LogP contribution in [0, 0.1) is 11.3 Å². The van der Waals surface area contributed by atoms with Gasteiger partial charge in [0.25, 0.3) is 0 Å².